The first-order valence-corrected chi connectivity index (χ1v) is 4.69. The van der Waals surface area contributed by atoms with Gasteiger partial charge in [-0.1, -0.05) is 0 Å². The maximum absolute atomic E-state index is 9.82. The van der Waals surface area contributed by atoms with Crippen molar-refractivity contribution in [3.63, 3.8) is 0 Å². The quantitative estimate of drug-likeness (QED) is 0.400. The lowest BCUT2D eigenvalue weighted by Crippen LogP contribution is -2.05. The Balaban J connectivity index is 2.82. The molecule has 0 fully saturated rings. The minimum atomic E-state index is -1.63. The van der Waals surface area contributed by atoms with Gasteiger partial charge >= 0.3 is 0 Å². The number of hydrogen-bond acceptors (Lipinski definition) is 2. The normalized spacial score (nSPS) is 15.7. The Hall–Kier alpha value is 0.287. The van der Waals surface area contributed by atoms with Gasteiger partial charge in [0.1, 0.15) is 0 Å². The van der Waals surface area contributed by atoms with Crippen molar-refractivity contribution in [1.29, 1.82) is 0 Å². The Morgan fingerprint density at radius 2 is 2.57 bits per heavy atom. The molecule has 0 amide bonds. The Morgan fingerprint density at radius 1 is 2.00 bits per heavy atom. The minimum Gasteiger partial charge on any atom is -0.426 e. The van der Waals surface area contributed by atoms with E-state index in [1.54, 1.807) is 7.11 Å². The number of rotatable bonds is 3. The summed E-state index contributed by atoms with van der Waals surface area (Å²) < 4.78 is 22.6. The molecule has 0 saturated carbocycles. The van der Waals surface area contributed by atoms with Crippen LogP contribution in [0.1, 0.15) is 0 Å². The van der Waals surface area contributed by atoms with Crippen molar-refractivity contribution in [3.05, 3.63) is 0 Å². The maximum atomic E-state index is 9.82. The molecular weight excluding hydrogens is 132 g/mol. The third-order valence-electron chi connectivity index (χ3n) is 0.462. The van der Waals surface area contributed by atoms with Crippen LogP contribution in [0.25, 0.3) is 0 Å². The molecule has 0 rings (SSSR count). The minimum absolute atomic E-state index is 0.344. The van der Waals surface area contributed by atoms with Gasteiger partial charge in [-0.25, -0.2) is 4.21 Å². The fourth-order valence-electron chi connectivity index (χ4n) is 0.155. The molecule has 0 aliphatic rings. The van der Waals surface area contributed by atoms with Crippen molar-refractivity contribution >= 4 is 20.8 Å². The van der Waals surface area contributed by atoms with E-state index >= 15 is 0 Å². The van der Waals surface area contributed by atoms with Crippen LogP contribution in [0.4, 0.5) is 0 Å². The van der Waals surface area contributed by atoms with Gasteiger partial charge in [0.15, 0.2) is 20.8 Å². The first-order valence-electron chi connectivity index (χ1n) is 1.83. The largest absolute Gasteiger partial charge is 0.426 e. The summed E-state index contributed by atoms with van der Waals surface area (Å²) in [4.78, 5) is 0. The van der Waals surface area contributed by atoms with Gasteiger partial charge < -0.3 is 8.98 Å². The molecule has 0 bridgehead atoms. The molecule has 0 aromatic heterocycles. The molecular formula is C2H8O3SSi. The van der Waals surface area contributed by atoms with E-state index in [4.69, 9.17) is 4.55 Å². The highest BCUT2D eigenvalue weighted by molar-refractivity contribution is 7.80. The molecule has 1 N–H and O–H groups in total. The van der Waals surface area contributed by atoms with Crippen LogP contribution in [0.15, 0.2) is 0 Å². The van der Waals surface area contributed by atoms with E-state index in [9.17, 15) is 4.21 Å². The summed E-state index contributed by atoms with van der Waals surface area (Å²) in [5.41, 5.74) is 0. The first-order chi connectivity index (χ1) is 3.27. The molecule has 1 atom stereocenters. The molecule has 1 unspecified atom stereocenters. The standard InChI is InChI=1S/C2H8O3SSi/c1-5-7-2-6(3)4/h2,7H2,1H3,(H,3,4). The van der Waals surface area contributed by atoms with Gasteiger partial charge in [0, 0.05) is 7.11 Å². The van der Waals surface area contributed by atoms with Crippen LogP contribution in [0.3, 0.4) is 0 Å². The molecule has 0 aliphatic heterocycles. The van der Waals surface area contributed by atoms with E-state index < -0.39 is 20.8 Å². The highest BCUT2D eigenvalue weighted by Crippen LogP contribution is 1.68. The summed E-state index contributed by atoms with van der Waals surface area (Å²) in [6.07, 6.45) is 0. The van der Waals surface area contributed by atoms with Gasteiger partial charge in [0.2, 0.25) is 0 Å². The molecule has 3 nitrogen and oxygen atoms in total. The van der Waals surface area contributed by atoms with Crippen LogP contribution >= 0.6 is 0 Å². The molecule has 0 spiro atoms. The SMILES string of the molecule is CO[SiH2]CS(=O)O. The van der Waals surface area contributed by atoms with Crippen molar-refractivity contribution in [3.8, 4) is 0 Å². The monoisotopic (exact) mass is 140 g/mol. The van der Waals surface area contributed by atoms with E-state index in [1.165, 1.54) is 0 Å². The highest BCUT2D eigenvalue weighted by Gasteiger charge is 1.89. The van der Waals surface area contributed by atoms with Crippen LogP contribution in [0.5, 0.6) is 0 Å². The summed E-state index contributed by atoms with van der Waals surface area (Å²) in [6.45, 7) is 0. The second-order valence-electron chi connectivity index (χ2n) is 1.02. The third kappa shape index (κ3) is 6.29. The first kappa shape index (κ1) is 7.29. The van der Waals surface area contributed by atoms with Crippen molar-refractivity contribution in [2.24, 2.45) is 0 Å². The van der Waals surface area contributed by atoms with Gasteiger partial charge in [0.05, 0.1) is 5.38 Å². The van der Waals surface area contributed by atoms with Crippen LogP contribution in [0.2, 0.25) is 0 Å². The van der Waals surface area contributed by atoms with Crippen molar-refractivity contribution in [2.75, 3.05) is 12.5 Å². The fourth-order valence-corrected chi connectivity index (χ4v) is 1.39. The smallest absolute Gasteiger partial charge is 0.175 e. The Morgan fingerprint density at radius 3 is 2.71 bits per heavy atom. The molecule has 44 valence electrons. The lowest BCUT2D eigenvalue weighted by molar-refractivity contribution is 0.444. The van der Waals surface area contributed by atoms with Crippen LogP contribution < -0.4 is 0 Å². The lowest BCUT2D eigenvalue weighted by atomic mass is 11.8. The van der Waals surface area contributed by atoms with Crippen molar-refractivity contribution in [2.45, 2.75) is 0 Å². The van der Waals surface area contributed by atoms with Gasteiger partial charge in [-0.3, -0.25) is 0 Å². The second kappa shape index (κ2) is 4.45. The lowest BCUT2D eigenvalue weighted by Gasteiger charge is -1.88. The summed E-state index contributed by atoms with van der Waals surface area (Å²) in [5, 5.41) is 0.344. The molecule has 7 heavy (non-hydrogen) atoms. The fraction of sp³-hybridized carbons (Fsp3) is 1.00. The summed E-state index contributed by atoms with van der Waals surface area (Å²) in [6, 6.07) is 0. The Labute approximate surface area is 47.3 Å². The molecule has 0 aliphatic carbocycles. The van der Waals surface area contributed by atoms with E-state index in [0.717, 1.165) is 0 Å². The average Bonchev–Trinajstić information content (AvgIpc) is 1.61. The molecule has 0 heterocycles. The van der Waals surface area contributed by atoms with Crippen LogP contribution in [0, 0.1) is 0 Å². The highest BCUT2D eigenvalue weighted by atomic mass is 32.2. The van der Waals surface area contributed by atoms with Crippen molar-refractivity contribution < 1.29 is 13.2 Å². The molecule has 5 heteroatoms. The van der Waals surface area contributed by atoms with Gasteiger partial charge in [0.25, 0.3) is 0 Å². The van der Waals surface area contributed by atoms with Gasteiger partial charge in [-0.2, -0.15) is 0 Å². The predicted molar refractivity (Wildman–Crippen MR) is 31.2 cm³/mol. The summed E-state index contributed by atoms with van der Waals surface area (Å²) >= 11 is -1.63. The Bertz CT molecular complexity index is 66.0. The van der Waals surface area contributed by atoms with E-state index in [1.807, 2.05) is 0 Å². The average molecular weight is 140 g/mol. The third-order valence-corrected chi connectivity index (χ3v) is 2.93. The van der Waals surface area contributed by atoms with Gasteiger partial charge in [-0.05, 0) is 0 Å². The molecule has 0 aromatic rings. The Kier molecular flexibility index (Phi) is 4.63. The second-order valence-corrected chi connectivity index (χ2v) is 4.28. The molecule has 0 saturated heterocycles. The molecule has 0 aromatic carbocycles. The topological polar surface area (TPSA) is 46.5 Å². The molecule has 0 radical (unpaired) electrons. The van der Waals surface area contributed by atoms with Crippen LogP contribution in [-0.2, 0) is 15.5 Å². The zero-order valence-electron chi connectivity index (χ0n) is 4.09. The predicted octanol–water partition coefficient (Wildman–Crippen LogP) is -1.10. The zero-order valence-corrected chi connectivity index (χ0v) is 6.32. The van der Waals surface area contributed by atoms with Crippen molar-refractivity contribution in [1.82, 2.24) is 0 Å². The van der Waals surface area contributed by atoms with E-state index in [-0.39, 0.29) is 0 Å². The number of hydrogen-bond donors (Lipinski definition) is 1. The summed E-state index contributed by atoms with van der Waals surface area (Å²) in [5.74, 6) is 0. The van der Waals surface area contributed by atoms with Gasteiger partial charge in [-0.15, -0.1) is 0 Å². The van der Waals surface area contributed by atoms with E-state index in [2.05, 4.69) is 4.43 Å². The zero-order chi connectivity index (χ0) is 5.70. The maximum Gasteiger partial charge on any atom is 0.175 e. The van der Waals surface area contributed by atoms with Crippen LogP contribution in [-0.4, -0.2) is 31.0 Å². The summed E-state index contributed by atoms with van der Waals surface area (Å²) in [7, 11) is 0.879. The van der Waals surface area contributed by atoms with E-state index in [0.29, 0.717) is 5.38 Å².